The number of halogens is 1. The number of aliphatic carboxylic acids is 1. The van der Waals surface area contributed by atoms with Crippen LogP contribution < -0.4 is 0 Å². The van der Waals surface area contributed by atoms with Crippen molar-refractivity contribution in [1.82, 2.24) is 4.90 Å². The quantitative estimate of drug-likeness (QED) is 0.813. The number of nitrogens with zero attached hydrogens (tertiary/aromatic N) is 1. The van der Waals surface area contributed by atoms with Gasteiger partial charge in [0.1, 0.15) is 6.54 Å². The molecule has 0 heterocycles. The molecule has 98 valence electrons. The predicted molar refractivity (Wildman–Crippen MR) is 74.8 cm³/mol. The van der Waals surface area contributed by atoms with Gasteiger partial charge in [-0.05, 0) is 31.2 Å². The molecule has 18 heavy (non-hydrogen) atoms. The van der Waals surface area contributed by atoms with Crippen LogP contribution >= 0.6 is 27.7 Å². The van der Waals surface area contributed by atoms with Gasteiger partial charge in [0.2, 0.25) is 5.91 Å². The molecule has 1 rings (SSSR count). The number of hydrogen-bond donors (Lipinski definition) is 1. The van der Waals surface area contributed by atoms with Gasteiger partial charge in [-0.2, -0.15) is 0 Å². The molecular formula is C12H14BrNO3S. The van der Waals surface area contributed by atoms with Crippen LogP contribution in [0.3, 0.4) is 0 Å². The number of benzene rings is 1. The lowest BCUT2D eigenvalue weighted by Crippen LogP contribution is -2.36. The van der Waals surface area contributed by atoms with Crippen molar-refractivity contribution in [2.75, 3.05) is 18.8 Å². The second-order valence-electron chi connectivity index (χ2n) is 3.54. The summed E-state index contributed by atoms with van der Waals surface area (Å²) in [4.78, 5) is 24.7. The summed E-state index contributed by atoms with van der Waals surface area (Å²) in [5, 5.41) is 8.67. The van der Waals surface area contributed by atoms with Crippen molar-refractivity contribution in [3.05, 3.63) is 28.7 Å². The van der Waals surface area contributed by atoms with Crippen LogP contribution in [0.15, 0.2) is 33.6 Å². The van der Waals surface area contributed by atoms with Gasteiger partial charge in [-0.3, -0.25) is 9.59 Å². The van der Waals surface area contributed by atoms with Crippen molar-refractivity contribution in [3.8, 4) is 0 Å². The number of carbonyl (C=O) groups excluding carboxylic acids is 1. The van der Waals surface area contributed by atoms with Gasteiger partial charge in [-0.15, -0.1) is 11.8 Å². The molecule has 0 aromatic heterocycles. The fourth-order valence-corrected chi connectivity index (χ4v) is 2.37. The van der Waals surface area contributed by atoms with Gasteiger partial charge < -0.3 is 10.0 Å². The molecule has 1 amide bonds. The molecule has 1 N–H and O–H groups in total. The Morgan fingerprint density at radius 2 is 1.94 bits per heavy atom. The van der Waals surface area contributed by atoms with Crippen molar-refractivity contribution in [3.63, 3.8) is 0 Å². The molecule has 0 saturated heterocycles. The van der Waals surface area contributed by atoms with Crippen molar-refractivity contribution < 1.29 is 14.7 Å². The van der Waals surface area contributed by atoms with Gasteiger partial charge in [0, 0.05) is 15.9 Å². The van der Waals surface area contributed by atoms with Crippen LogP contribution in [-0.4, -0.2) is 40.7 Å². The zero-order valence-corrected chi connectivity index (χ0v) is 12.3. The Labute approximate surface area is 118 Å². The molecule has 1 aromatic rings. The summed E-state index contributed by atoms with van der Waals surface area (Å²) in [6.07, 6.45) is 0. The molecule has 6 heteroatoms. The highest BCUT2D eigenvalue weighted by Crippen LogP contribution is 2.20. The third kappa shape index (κ3) is 5.10. The smallest absolute Gasteiger partial charge is 0.323 e. The number of carboxylic acid groups (broad SMARTS) is 1. The SMILES string of the molecule is CCN(CC(=O)O)C(=O)CSc1ccc(Br)cc1. The van der Waals surface area contributed by atoms with E-state index in [4.69, 9.17) is 5.11 Å². The summed E-state index contributed by atoms with van der Waals surface area (Å²) in [7, 11) is 0. The van der Waals surface area contributed by atoms with Gasteiger partial charge >= 0.3 is 5.97 Å². The zero-order chi connectivity index (χ0) is 13.5. The Morgan fingerprint density at radius 1 is 1.33 bits per heavy atom. The molecule has 0 saturated carbocycles. The number of likely N-dealkylation sites (N-methyl/N-ethyl adjacent to an activating group) is 1. The lowest BCUT2D eigenvalue weighted by Gasteiger charge is -2.18. The lowest BCUT2D eigenvalue weighted by molar-refractivity contribution is -0.143. The third-order valence-electron chi connectivity index (χ3n) is 2.24. The first-order valence-corrected chi connectivity index (χ1v) is 7.18. The summed E-state index contributed by atoms with van der Waals surface area (Å²) in [6.45, 7) is 1.94. The van der Waals surface area contributed by atoms with Crippen molar-refractivity contribution in [2.24, 2.45) is 0 Å². The second-order valence-corrected chi connectivity index (χ2v) is 5.51. The molecular weight excluding hydrogens is 318 g/mol. The van der Waals surface area contributed by atoms with Crippen molar-refractivity contribution in [1.29, 1.82) is 0 Å². The largest absolute Gasteiger partial charge is 0.480 e. The molecule has 0 fully saturated rings. The van der Waals surface area contributed by atoms with E-state index < -0.39 is 5.97 Å². The maximum Gasteiger partial charge on any atom is 0.323 e. The second kappa shape index (κ2) is 7.43. The Kier molecular flexibility index (Phi) is 6.21. The van der Waals surface area contributed by atoms with E-state index in [-0.39, 0.29) is 18.2 Å². The number of carboxylic acids is 1. The Balaban J connectivity index is 2.49. The Hall–Kier alpha value is -1.01. The Morgan fingerprint density at radius 3 is 2.44 bits per heavy atom. The van der Waals surface area contributed by atoms with Crippen LogP contribution in [-0.2, 0) is 9.59 Å². The van der Waals surface area contributed by atoms with E-state index in [0.717, 1.165) is 9.37 Å². The minimum Gasteiger partial charge on any atom is -0.480 e. The fourth-order valence-electron chi connectivity index (χ4n) is 1.31. The van der Waals surface area contributed by atoms with E-state index in [0.29, 0.717) is 6.54 Å². The van der Waals surface area contributed by atoms with Gasteiger partial charge in [-0.1, -0.05) is 15.9 Å². The van der Waals surface area contributed by atoms with Gasteiger partial charge in [0.25, 0.3) is 0 Å². The van der Waals surface area contributed by atoms with E-state index in [1.807, 2.05) is 24.3 Å². The summed E-state index contributed by atoms with van der Waals surface area (Å²) >= 11 is 4.74. The van der Waals surface area contributed by atoms with Crippen LogP contribution in [0.25, 0.3) is 0 Å². The molecule has 0 bridgehead atoms. The van der Waals surface area contributed by atoms with E-state index in [9.17, 15) is 9.59 Å². The van der Waals surface area contributed by atoms with E-state index >= 15 is 0 Å². The van der Waals surface area contributed by atoms with E-state index in [1.54, 1.807) is 6.92 Å². The maximum absolute atomic E-state index is 11.8. The number of thioether (sulfide) groups is 1. The topological polar surface area (TPSA) is 57.6 Å². The van der Waals surface area contributed by atoms with Crippen LogP contribution in [0.4, 0.5) is 0 Å². The number of hydrogen-bond acceptors (Lipinski definition) is 3. The van der Waals surface area contributed by atoms with Gasteiger partial charge in [0.15, 0.2) is 0 Å². The molecule has 0 aliphatic rings. The molecule has 0 aliphatic heterocycles. The first-order chi connectivity index (χ1) is 8.52. The highest BCUT2D eigenvalue weighted by molar-refractivity contribution is 9.10. The van der Waals surface area contributed by atoms with E-state index in [1.165, 1.54) is 16.7 Å². The number of carbonyl (C=O) groups is 2. The van der Waals surface area contributed by atoms with E-state index in [2.05, 4.69) is 15.9 Å². The van der Waals surface area contributed by atoms with Crippen LogP contribution in [0.1, 0.15) is 6.92 Å². The molecule has 0 aliphatic carbocycles. The highest BCUT2D eigenvalue weighted by atomic mass is 79.9. The summed E-state index contributed by atoms with van der Waals surface area (Å²) in [5.41, 5.74) is 0. The zero-order valence-electron chi connectivity index (χ0n) is 9.93. The van der Waals surface area contributed by atoms with Crippen molar-refractivity contribution >= 4 is 39.6 Å². The van der Waals surface area contributed by atoms with Crippen LogP contribution in [0.2, 0.25) is 0 Å². The monoisotopic (exact) mass is 331 g/mol. The van der Waals surface area contributed by atoms with Gasteiger partial charge in [-0.25, -0.2) is 0 Å². The standard InChI is InChI=1S/C12H14BrNO3S/c1-2-14(7-12(16)17)11(15)8-18-10-5-3-9(13)4-6-10/h3-6H,2,7-8H2,1H3,(H,16,17). The minimum absolute atomic E-state index is 0.159. The minimum atomic E-state index is -0.987. The lowest BCUT2D eigenvalue weighted by atomic mass is 10.4. The molecule has 1 aromatic carbocycles. The molecule has 0 atom stereocenters. The van der Waals surface area contributed by atoms with Gasteiger partial charge in [0.05, 0.1) is 5.75 Å². The maximum atomic E-state index is 11.8. The summed E-state index contributed by atoms with van der Waals surface area (Å²) < 4.78 is 0.985. The normalized spacial score (nSPS) is 10.1. The van der Waals surface area contributed by atoms with Crippen LogP contribution in [0, 0.1) is 0 Å². The fraction of sp³-hybridized carbons (Fsp3) is 0.333. The first kappa shape index (κ1) is 15.0. The number of amides is 1. The molecule has 0 unspecified atom stereocenters. The predicted octanol–water partition coefficient (Wildman–Crippen LogP) is 2.47. The summed E-state index contributed by atoms with van der Waals surface area (Å²) in [6, 6.07) is 7.63. The summed E-state index contributed by atoms with van der Waals surface area (Å²) in [5.74, 6) is -0.894. The third-order valence-corrected chi connectivity index (χ3v) is 3.76. The van der Waals surface area contributed by atoms with Crippen molar-refractivity contribution in [2.45, 2.75) is 11.8 Å². The average molecular weight is 332 g/mol. The number of rotatable bonds is 6. The Bertz CT molecular complexity index is 422. The average Bonchev–Trinajstić information content (AvgIpc) is 2.34. The highest BCUT2D eigenvalue weighted by Gasteiger charge is 2.14. The molecule has 0 radical (unpaired) electrons. The molecule has 4 nitrogen and oxygen atoms in total. The molecule has 0 spiro atoms. The first-order valence-electron chi connectivity index (χ1n) is 5.41. The van der Waals surface area contributed by atoms with Crippen LogP contribution in [0.5, 0.6) is 0 Å².